The van der Waals surface area contributed by atoms with Gasteiger partial charge in [0.1, 0.15) is 4.05 Å². The van der Waals surface area contributed by atoms with E-state index in [0.29, 0.717) is 0 Å². The van der Waals surface area contributed by atoms with Crippen LogP contribution in [0.4, 0.5) is 5.69 Å². The van der Waals surface area contributed by atoms with E-state index >= 15 is 0 Å². The molecule has 1 aliphatic rings. The van der Waals surface area contributed by atoms with Crippen molar-refractivity contribution in [1.29, 1.82) is 0 Å². The number of benzene rings is 1. The van der Waals surface area contributed by atoms with Crippen LogP contribution in [0.2, 0.25) is 0 Å². The van der Waals surface area contributed by atoms with Crippen molar-refractivity contribution in [3.8, 4) is 0 Å². The van der Waals surface area contributed by atoms with Crippen LogP contribution in [0.15, 0.2) is 24.3 Å². The molecule has 0 N–H and O–H groups in total. The molecule has 0 saturated carbocycles. The minimum Gasteiger partial charge on any atom is -0.355 e. The van der Waals surface area contributed by atoms with Crippen molar-refractivity contribution in [3.63, 3.8) is 0 Å². The molecular formula is C9H8INO. The van der Waals surface area contributed by atoms with Gasteiger partial charge in [0, 0.05) is 18.3 Å². The quantitative estimate of drug-likeness (QED) is 0.410. The Morgan fingerprint density at radius 3 is 2.75 bits per heavy atom. The van der Waals surface area contributed by atoms with E-state index in [2.05, 4.69) is 22.6 Å². The zero-order valence-electron chi connectivity index (χ0n) is 6.62. The van der Waals surface area contributed by atoms with Crippen molar-refractivity contribution in [3.05, 3.63) is 29.8 Å². The molecule has 1 aromatic carbocycles. The zero-order valence-corrected chi connectivity index (χ0v) is 8.78. The Labute approximate surface area is 84.7 Å². The molecule has 0 aromatic heterocycles. The number of rotatable bonds is 0. The first kappa shape index (κ1) is 8.04. The van der Waals surface area contributed by atoms with Gasteiger partial charge < -0.3 is 4.90 Å². The number of para-hydroxylation sites is 1. The van der Waals surface area contributed by atoms with Crippen LogP contribution in [0.25, 0.3) is 0 Å². The van der Waals surface area contributed by atoms with E-state index in [4.69, 9.17) is 0 Å². The van der Waals surface area contributed by atoms with Crippen molar-refractivity contribution in [2.24, 2.45) is 0 Å². The summed E-state index contributed by atoms with van der Waals surface area (Å²) in [4.78, 5) is 13.6. The number of anilines is 1. The van der Waals surface area contributed by atoms with Crippen LogP contribution < -0.4 is 4.90 Å². The largest absolute Gasteiger partial charge is 0.355 e. The lowest BCUT2D eigenvalue weighted by atomic mass is 10.1. The van der Waals surface area contributed by atoms with Gasteiger partial charge in [0.15, 0.2) is 5.78 Å². The molecule has 0 spiro atoms. The van der Waals surface area contributed by atoms with Crippen LogP contribution in [0, 0.1) is 0 Å². The summed E-state index contributed by atoms with van der Waals surface area (Å²) in [5.74, 6) is 0.216. The number of Topliss-reactive ketones (excluding diaryl/α,β-unsaturated/α-hetero) is 1. The van der Waals surface area contributed by atoms with Crippen LogP contribution in [0.3, 0.4) is 0 Å². The van der Waals surface area contributed by atoms with Gasteiger partial charge in [-0.3, -0.25) is 4.79 Å². The standard InChI is InChI=1S/C9H8INO/c1-11-7-5-3-2-4-6(7)8(12)9(11)10/h2-5,9H,1H3/t9-/m0/s1. The lowest BCUT2D eigenvalue weighted by molar-refractivity contribution is 0.100. The third kappa shape index (κ3) is 0.957. The first-order valence-corrected chi connectivity index (χ1v) is 4.96. The normalized spacial score (nSPS) is 21.3. The smallest absolute Gasteiger partial charge is 0.197 e. The Hall–Kier alpha value is -0.580. The van der Waals surface area contributed by atoms with Gasteiger partial charge in [0.25, 0.3) is 0 Å². The summed E-state index contributed by atoms with van der Waals surface area (Å²) < 4.78 is -0.0278. The molecule has 62 valence electrons. The number of carbonyl (C=O) groups is 1. The summed E-state index contributed by atoms with van der Waals surface area (Å²) in [6, 6.07) is 7.72. The highest BCUT2D eigenvalue weighted by Crippen LogP contribution is 2.32. The van der Waals surface area contributed by atoms with Crippen molar-refractivity contribution >= 4 is 34.1 Å². The summed E-state index contributed by atoms with van der Waals surface area (Å²) in [6.07, 6.45) is 0. The van der Waals surface area contributed by atoms with E-state index in [1.54, 1.807) is 0 Å². The molecule has 3 heteroatoms. The van der Waals surface area contributed by atoms with Gasteiger partial charge in [-0.1, -0.05) is 12.1 Å². The van der Waals surface area contributed by atoms with Crippen LogP contribution in [0.1, 0.15) is 10.4 Å². The number of likely N-dealkylation sites (N-methyl/N-ethyl adjacent to an activating group) is 1. The van der Waals surface area contributed by atoms with Gasteiger partial charge >= 0.3 is 0 Å². The molecule has 0 amide bonds. The van der Waals surface area contributed by atoms with E-state index in [1.807, 2.05) is 36.2 Å². The van der Waals surface area contributed by atoms with E-state index in [1.165, 1.54) is 0 Å². The lowest BCUT2D eigenvalue weighted by Gasteiger charge is -2.14. The van der Waals surface area contributed by atoms with Crippen molar-refractivity contribution in [2.45, 2.75) is 4.05 Å². The van der Waals surface area contributed by atoms with Gasteiger partial charge in [-0.2, -0.15) is 0 Å². The fraction of sp³-hybridized carbons (Fsp3) is 0.222. The first-order chi connectivity index (χ1) is 5.72. The highest BCUT2D eigenvalue weighted by atomic mass is 127. The molecule has 0 fully saturated rings. The Balaban J connectivity index is 2.59. The average molecular weight is 273 g/mol. The second kappa shape index (κ2) is 2.73. The second-order valence-electron chi connectivity index (χ2n) is 2.83. The molecule has 1 aromatic rings. The summed E-state index contributed by atoms with van der Waals surface area (Å²) in [6.45, 7) is 0. The van der Waals surface area contributed by atoms with Gasteiger partial charge in [-0.05, 0) is 34.7 Å². The highest BCUT2D eigenvalue weighted by molar-refractivity contribution is 14.1. The number of carbonyl (C=O) groups excluding carboxylic acids is 1. The molecule has 2 nitrogen and oxygen atoms in total. The molecule has 1 aliphatic heterocycles. The van der Waals surface area contributed by atoms with Gasteiger partial charge in [-0.15, -0.1) is 0 Å². The minimum atomic E-state index is -0.0278. The van der Waals surface area contributed by atoms with Crippen LogP contribution in [-0.2, 0) is 0 Å². The zero-order chi connectivity index (χ0) is 8.72. The topological polar surface area (TPSA) is 20.3 Å². The maximum absolute atomic E-state index is 11.6. The molecule has 0 bridgehead atoms. The summed E-state index contributed by atoms with van der Waals surface area (Å²) in [5, 5.41) is 0. The molecular weight excluding hydrogens is 265 g/mol. The molecule has 1 heterocycles. The van der Waals surface area contributed by atoms with Gasteiger partial charge in [-0.25, -0.2) is 0 Å². The number of hydrogen-bond acceptors (Lipinski definition) is 2. The molecule has 2 rings (SSSR count). The Kier molecular flexibility index (Phi) is 1.83. The molecule has 12 heavy (non-hydrogen) atoms. The first-order valence-electron chi connectivity index (χ1n) is 3.72. The van der Waals surface area contributed by atoms with E-state index in [0.717, 1.165) is 11.3 Å². The SMILES string of the molecule is CN1c2ccccc2C(=O)[C@H]1I. The fourth-order valence-corrected chi connectivity index (χ4v) is 2.05. The predicted octanol–water partition coefficient (Wildman–Crippen LogP) is 2.08. The second-order valence-corrected chi connectivity index (χ2v) is 4.01. The van der Waals surface area contributed by atoms with Crippen molar-refractivity contribution in [2.75, 3.05) is 11.9 Å². The molecule has 1 atom stereocenters. The molecule has 0 unspecified atom stereocenters. The number of alkyl halides is 1. The van der Waals surface area contributed by atoms with Crippen molar-refractivity contribution < 1.29 is 4.79 Å². The lowest BCUT2D eigenvalue weighted by Crippen LogP contribution is -2.24. The maximum Gasteiger partial charge on any atom is 0.197 e. The summed E-state index contributed by atoms with van der Waals surface area (Å²) in [5.41, 5.74) is 1.89. The Morgan fingerprint density at radius 2 is 2.08 bits per heavy atom. The molecule has 0 saturated heterocycles. The predicted molar refractivity (Wildman–Crippen MR) is 57.0 cm³/mol. The van der Waals surface area contributed by atoms with E-state index in [-0.39, 0.29) is 9.83 Å². The highest BCUT2D eigenvalue weighted by Gasteiger charge is 2.31. The molecule has 0 radical (unpaired) electrons. The number of fused-ring (bicyclic) bond motifs is 1. The monoisotopic (exact) mass is 273 g/mol. The number of ketones is 1. The molecule has 0 aliphatic carbocycles. The van der Waals surface area contributed by atoms with E-state index in [9.17, 15) is 4.79 Å². The number of halogens is 1. The number of hydrogen-bond donors (Lipinski definition) is 0. The fourth-order valence-electron chi connectivity index (χ4n) is 1.42. The summed E-state index contributed by atoms with van der Waals surface area (Å²) >= 11 is 2.16. The minimum absolute atomic E-state index is 0.0278. The van der Waals surface area contributed by atoms with Crippen LogP contribution in [0.5, 0.6) is 0 Å². The van der Waals surface area contributed by atoms with E-state index < -0.39 is 0 Å². The van der Waals surface area contributed by atoms with Gasteiger partial charge in [0.2, 0.25) is 0 Å². The van der Waals surface area contributed by atoms with Crippen LogP contribution >= 0.6 is 22.6 Å². The van der Waals surface area contributed by atoms with Crippen LogP contribution in [-0.4, -0.2) is 16.9 Å². The third-order valence-electron chi connectivity index (χ3n) is 2.11. The third-order valence-corrected chi connectivity index (χ3v) is 3.51. The average Bonchev–Trinajstić information content (AvgIpc) is 2.33. The van der Waals surface area contributed by atoms with Crippen molar-refractivity contribution in [1.82, 2.24) is 0 Å². The Bertz CT molecular complexity index is 337. The maximum atomic E-state index is 11.6. The number of nitrogens with zero attached hydrogens (tertiary/aromatic N) is 1. The Morgan fingerprint density at radius 1 is 1.42 bits per heavy atom. The van der Waals surface area contributed by atoms with Gasteiger partial charge in [0.05, 0.1) is 0 Å². The summed E-state index contributed by atoms with van der Waals surface area (Å²) in [7, 11) is 1.95.